The van der Waals surface area contributed by atoms with Crippen molar-refractivity contribution < 1.29 is 18.0 Å². The Labute approximate surface area is 114 Å². The van der Waals surface area contributed by atoms with Crippen LogP contribution in [0.5, 0.6) is 0 Å². The lowest BCUT2D eigenvalue weighted by molar-refractivity contribution is -0.187. The van der Waals surface area contributed by atoms with Crippen LogP contribution >= 0.6 is 15.9 Å². The van der Waals surface area contributed by atoms with Gasteiger partial charge in [-0.05, 0) is 25.7 Å². The zero-order chi connectivity index (χ0) is 13.8. The van der Waals surface area contributed by atoms with Crippen LogP contribution in [0.25, 0.3) is 0 Å². The summed E-state index contributed by atoms with van der Waals surface area (Å²) < 4.78 is 38.0. The number of carbonyl (C=O) groups excluding carboxylic acids is 1. The highest BCUT2D eigenvalue weighted by Crippen LogP contribution is 2.40. The Morgan fingerprint density at radius 3 is 2.61 bits per heavy atom. The molecule has 0 bridgehead atoms. The molecule has 1 rings (SSSR count). The van der Waals surface area contributed by atoms with Gasteiger partial charge in [-0.1, -0.05) is 22.4 Å². The van der Waals surface area contributed by atoms with Crippen LogP contribution in [0, 0.1) is 11.8 Å². The summed E-state index contributed by atoms with van der Waals surface area (Å²) in [5.74, 6) is -1.89. The molecule has 2 nitrogen and oxygen atoms in total. The van der Waals surface area contributed by atoms with E-state index < -0.39 is 18.0 Å². The predicted molar refractivity (Wildman–Crippen MR) is 67.6 cm³/mol. The van der Waals surface area contributed by atoms with Gasteiger partial charge in [0.15, 0.2) is 0 Å². The average molecular weight is 330 g/mol. The molecule has 1 fully saturated rings. The van der Waals surface area contributed by atoms with Crippen LogP contribution in [-0.2, 0) is 4.79 Å². The molecule has 1 amide bonds. The van der Waals surface area contributed by atoms with Gasteiger partial charge in [-0.25, -0.2) is 0 Å². The molecule has 0 N–H and O–H groups in total. The fourth-order valence-electron chi connectivity index (χ4n) is 2.43. The standard InChI is InChI=1S/C12H19BrF3NO/c1-17(7-3-6-13)11(18)9-4-2-5-10(8-9)12(14,15)16/h9-10H,2-8H2,1H3. The maximum atomic E-state index is 12.7. The summed E-state index contributed by atoms with van der Waals surface area (Å²) in [6.45, 7) is 0.595. The third-order valence-electron chi connectivity index (χ3n) is 3.49. The van der Waals surface area contributed by atoms with Crippen molar-refractivity contribution in [1.82, 2.24) is 4.90 Å². The minimum atomic E-state index is -4.16. The number of alkyl halides is 4. The Bertz CT molecular complexity index is 283. The molecule has 0 aromatic heterocycles. The fraction of sp³-hybridized carbons (Fsp3) is 0.917. The van der Waals surface area contributed by atoms with E-state index in [1.54, 1.807) is 11.9 Å². The van der Waals surface area contributed by atoms with Crippen molar-refractivity contribution in [3.63, 3.8) is 0 Å². The molecule has 6 heteroatoms. The van der Waals surface area contributed by atoms with E-state index in [4.69, 9.17) is 0 Å². The van der Waals surface area contributed by atoms with Gasteiger partial charge in [0.1, 0.15) is 0 Å². The minimum absolute atomic E-state index is 0.0407. The van der Waals surface area contributed by atoms with E-state index in [-0.39, 0.29) is 18.7 Å². The van der Waals surface area contributed by atoms with E-state index in [2.05, 4.69) is 15.9 Å². The monoisotopic (exact) mass is 329 g/mol. The van der Waals surface area contributed by atoms with Crippen LogP contribution in [0.3, 0.4) is 0 Å². The summed E-state index contributed by atoms with van der Waals surface area (Å²) in [6, 6.07) is 0. The van der Waals surface area contributed by atoms with Crippen molar-refractivity contribution in [3.8, 4) is 0 Å². The average Bonchev–Trinajstić information content (AvgIpc) is 2.34. The van der Waals surface area contributed by atoms with Gasteiger partial charge in [0, 0.05) is 24.8 Å². The SMILES string of the molecule is CN(CCCBr)C(=O)C1CCCC(C(F)(F)F)C1. The van der Waals surface area contributed by atoms with Crippen LogP contribution in [0.4, 0.5) is 13.2 Å². The molecule has 0 saturated heterocycles. The van der Waals surface area contributed by atoms with Gasteiger partial charge in [0.2, 0.25) is 5.91 Å². The van der Waals surface area contributed by atoms with E-state index in [1.807, 2.05) is 0 Å². The van der Waals surface area contributed by atoms with Crippen molar-refractivity contribution in [3.05, 3.63) is 0 Å². The molecule has 0 spiro atoms. The highest BCUT2D eigenvalue weighted by Gasteiger charge is 2.43. The van der Waals surface area contributed by atoms with Gasteiger partial charge in [0.05, 0.1) is 5.92 Å². The molecule has 0 radical (unpaired) electrons. The zero-order valence-corrected chi connectivity index (χ0v) is 12.1. The van der Waals surface area contributed by atoms with Crippen molar-refractivity contribution in [2.24, 2.45) is 11.8 Å². The first-order valence-electron chi connectivity index (χ1n) is 6.24. The van der Waals surface area contributed by atoms with Crippen molar-refractivity contribution in [2.45, 2.75) is 38.3 Å². The molecule has 106 valence electrons. The van der Waals surface area contributed by atoms with Gasteiger partial charge in [-0.15, -0.1) is 0 Å². The van der Waals surface area contributed by atoms with E-state index in [9.17, 15) is 18.0 Å². The second-order valence-corrected chi connectivity index (χ2v) is 5.70. The van der Waals surface area contributed by atoms with Crippen LogP contribution in [0.1, 0.15) is 32.1 Å². The lowest BCUT2D eigenvalue weighted by Crippen LogP contribution is -2.38. The summed E-state index contributed by atoms with van der Waals surface area (Å²) in [4.78, 5) is 13.6. The smallest absolute Gasteiger partial charge is 0.345 e. The van der Waals surface area contributed by atoms with E-state index in [1.165, 1.54) is 0 Å². The number of nitrogens with zero attached hydrogens (tertiary/aromatic N) is 1. The minimum Gasteiger partial charge on any atom is -0.345 e. The molecule has 0 aromatic rings. The molecule has 18 heavy (non-hydrogen) atoms. The summed E-state index contributed by atoms with van der Waals surface area (Å²) >= 11 is 3.27. The quantitative estimate of drug-likeness (QED) is 0.722. The fourth-order valence-corrected chi connectivity index (χ4v) is 2.68. The number of carbonyl (C=O) groups is 1. The molecule has 1 aliphatic carbocycles. The molecular formula is C12H19BrF3NO. The number of amides is 1. The summed E-state index contributed by atoms with van der Waals surface area (Å²) in [5, 5.41) is 0.792. The molecular weight excluding hydrogens is 311 g/mol. The number of rotatable bonds is 4. The highest BCUT2D eigenvalue weighted by atomic mass is 79.9. The molecule has 0 aliphatic heterocycles. The third kappa shape index (κ3) is 4.44. The first-order valence-corrected chi connectivity index (χ1v) is 7.36. The Balaban J connectivity index is 2.53. The molecule has 1 saturated carbocycles. The first-order chi connectivity index (χ1) is 8.36. The van der Waals surface area contributed by atoms with Crippen molar-refractivity contribution in [1.29, 1.82) is 0 Å². The van der Waals surface area contributed by atoms with Crippen LogP contribution in [0.15, 0.2) is 0 Å². The first kappa shape index (κ1) is 15.8. The van der Waals surface area contributed by atoms with Crippen LogP contribution < -0.4 is 0 Å². The molecule has 0 aromatic carbocycles. The summed E-state index contributed by atoms with van der Waals surface area (Å²) in [6.07, 6.45) is -2.14. The maximum Gasteiger partial charge on any atom is 0.391 e. The number of halogens is 4. The Hall–Kier alpha value is -0.260. The van der Waals surface area contributed by atoms with Crippen LogP contribution in [0.2, 0.25) is 0 Å². The van der Waals surface area contributed by atoms with Gasteiger partial charge in [-0.2, -0.15) is 13.2 Å². The molecule has 2 unspecified atom stereocenters. The third-order valence-corrected chi connectivity index (χ3v) is 4.05. The second-order valence-electron chi connectivity index (χ2n) is 4.90. The number of hydrogen-bond donors (Lipinski definition) is 0. The molecule has 2 atom stereocenters. The Morgan fingerprint density at radius 2 is 2.06 bits per heavy atom. The maximum absolute atomic E-state index is 12.7. The van der Waals surface area contributed by atoms with Gasteiger partial charge in [0.25, 0.3) is 0 Å². The van der Waals surface area contributed by atoms with E-state index in [0.717, 1.165) is 11.8 Å². The molecule has 1 aliphatic rings. The summed E-state index contributed by atoms with van der Waals surface area (Å²) in [7, 11) is 1.67. The van der Waals surface area contributed by atoms with E-state index >= 15 is 0 Å². The Kier molecular flexibility index (Phi) is 5.95. The van der Waals surface area contributed by atoms with Gasteiger partial charge in [-0.3, -0.25) is 4.79 Å². The van der Waals surface area contributed by atoms with Crippen molar-refractivity contribution >= 4 is 21.8 Å². The topological polar surface area (TPSA) is 20.3 Å². The lowest BCUT2D eigenvalue weighted by Gasteiger charge is -2.32. The predicted octanol–water partition coefficient (Wildman–Crippen LogP) is 3.60. The summed E-state index contributed by atoms with van der Waals surface area (Å²) in [5.41, 5.74) is 0. The Morgan fingerprint density at radius 1 is 1.39 bits per heavy atom. The number of hydrogen-bond acceptors (Lipinski definition) is 1. The molecule has 0 heterocycles. The second kappa shape index (κ2) is 6.78. The van der Waals surface area contributed by atoms with Crippen LogP contribution in [-0.4, -0.2) is 35.9 Å². The zero-order valence-electron chi connectivity index (χ0n) is 10.5. The van der Waals surface area contributed by atoms with E-state index in [0.29, 0.717) is 19.4 Å². The lowest BCUT2D eigenvalue weighted by atomic mass is 9.80. The highest BCUT2D eigenvalue weighted by molar-refractivity contribution is 9.09. The van der Waals surface area contributed by atoms with Crippen molar-refractivity contribution in [2.75, 3.05) is 18.9 Å². The van der Waals surface area contributed by atoms with Gasteiger partial charge >= 0.3 is 6.18 Å². The normalized spacial score (nSPS) is 24.9. The largest absolute Gasteiger partial charge is 0.391 e. The van der Waals surface area contributed by atoms with Gasteiger partial charge < -0.3 is 4.90 Å².